The summed E-state index contributed by atoms with van der Waals surface area (Å²) in [6, 6.07) is 8.23. The molecule has 0 radical (unpaired) electrons. The number of carbonyl (C=O) groups is 1. The number of fused-ring (bicyclic) bond motifs is 1. The van der Waals surface area contributed by atoms with Crippen molar-refractivity contribution in [2.75, 3.05) is 10.6 Å². The molecule has 1 aliphatic carbocycles. The summed E-state index contributed by atoms with van der Waals surface area (Å²) in [5.41, 5.74) is 1.96. The van der Waals surface area contributed by atoms with Gasteiger partial charge in [-0.15, -0.1) is 0 Å². The van der Waals surface area contributed by atoms with E-state index in [9.17, 15) is 4.79 Å². The summed E-state index contributed by atoms with van der Waals surface area (Å²) in [5, 5.41) is 6.40. The highest BCUT2D eigenvalue weighted by Gasteiger charge is 2.34. The van der Waals surface area contributed by atoms with Crippen molar-refractivity contribution < 1.29 is 4.79 Å². The largest absolute Gasteiger partial charge is 0.380 e. The van der Waals surface area contributed by atoms with Crippen LogP contribution in [0.25, 0.3) is 0 Å². The highest BCUT2D eigenvalue weighted by molar-refractivity contribution is 5.96. The predicted molar refractivity (Wildman–Crippen MR) is 59.8 cm³/mol. The van der Waals surface area contributed by atoms with Gasteiger partial charge in [0.05, 0.1) is 11.4 Å². The summed E-state index contributed by atoms with van der Waals surface area (Å²) in [4.78, 5) is 11.6. The smallest absolute Gasteiger partial charge is 0.226 e. The lowest BCUT2D eigenvalue weighted by Crippen LogP contribution is -2.24. The van der Waals surface area contributed by atoms with Gasteiger partial charge in [0.2, 0.25) is 5.91 Å². The first-order valence-electron chi connectivity index (χ1n) is 5.48. The van der Waals surface area contributed by atoms with E-state index in [1.165, 1.54) is 12.8 Å². The number of nitrogens with one attached hydrogen (secondary N) is 2. The Bertz CT molecular complexity index is 398. The molecule has 3 nitrogen and oxygen atoms in total. The summed E-state index contributed by atoms with van der Waals surface area (Å²) in [7, 11) is 0. The standard InChI is InChI=1S/C12H14N2O/c15-12-7-11(8-5-6-8)13-9-3-1-2-4-10(9)14-12/h1-4,8,11,13H,5-7H2,(H,14,15). The molecule has 2 aliphatic rings. The van der Waals surface area contributed by atoms with Crippen LogP contribution in [-0.4, -0.2) is 11.9 Å². The predicted octanol–water partition coefficient (Wildman–Crippen LogP) is 2.22. The van der Waals surface area contributed by atoms with Crippen LogP contribution >= 0.6 is 0 Å². The molecule has 0 spiro atoms. The molecule has 0 saturated heterocycles. The summed E-state index contributed by atoms with van der Waals surface area (Å²) >= 11 is 0. The van der Waals surface area contributed by atoms with Gasteiger partial charge < -0.3 is 10.6 Å². The first-order valence-corrected chi connectivity index (χ1v) is 5.48. The van der Waals surface area contributed by atoms with E-state index in [-0.39, 0.29) is 5.91 Å². The molecule has 2 N–H and O–H groups in total. The van der Waals surface area contributed by atoms with Gasteiger partial charge in [0.1, 0.15) is 0 Å². The topological polar surface area (TPSA) is 41.1 Å². The summed E-state index contributed by atoms with van der Waals surface area (Å²) in [5.74, 6) is 0.825. The van der Waals surface area contributed by atoms with Crippen LogP contribution in [0.3, 0.4) is 0 Å². The minimum absolute atomic E-state index is 0.129. The zero-order valence-electron chi connectivity index (χ0n) is 8.49. The molecule has 1 fully saturated rings. The molecule has 15 heavy (non-hydrogen) atoms. The van der Waals surface area contributed by atoms with Crippen LogP contribution in [0.4, 0.5) is 11.4 Å². The number of anilines is 2. The number of amides is 1. The highest BCUT2D eigenvalue weighted by Crippen LogP contribution is 2.38. The number of hydrogen-bond acceptors (Lipinski definition) is 2. The molecule has 1 unspecified atom stereocenters. The van der Waals surface area contributed by atoms with Crippen molar-refractivity contribution in [1.29, 1.82) is 0 Å². The number of rotatable bonds is 1. The molecule has 1 saturated carbocycles. The lowest BCUT2D eigenvalue weighted by molar-refractivity contribution is -0.116. The van der Waals surface area contributed by atoms with E-state index in [0.29, 0.717) is 18.4 Å². The molecule has 1 aromatic carbocycles. The van der Waals surface area contributed by atoms with Gasteiger partial charge in [-0.2, -0.15) is 0 Å². The lowest BCUT2D eigenvalue weighted by Gasteiger charge is -2.15. The fraction of sp³-hybridized carbons (Fsp3) is 0.417. The number of hydrogen-bond donors (Lipinski definition) is 2. The zero-order valence-corrected chi connectivity index (χ0v) is 8.49. The van der Waals surface area contributed by atoms with Gasteiger partial charge in [-0.05, 0) is 30.9 Å². The molecule has 1 aliphatic heterocycles. The van der Waals surface area contributed by atoms with Crippen LogP contribution in [0, 0.1) is 5.92 Å². The zero-order chi connectivity index (χ0) is 10.3. The van der Waals surface area contributed by atoms with Gasteiger partial charge in [0.15, 0.2) is 0 Å². The fourth-order valence-corrected chi connectivity index (χ4v) is 2.15. The fourth-order valence-electron chi connectivity index (χ4n) is 2.15. The second kappa shape index (κ2) is 3.26. The molecule has 0 bridgehead atoms. The van der Waals surface area contributed by atoms with Crippen LogP contribution < -0.4 is 10.6 Å². The van der Waals surface area contributed by atoms with E-state index in [1.807, 2.05) is 24.3 Å². The Labute approximate surface area is 88.9 Å². The van der Waals surface area contributed by atoms with Crippen molar-refractivity contribution in [2.45, 2.75) is 25.3 Å². The number of para-hydroxylation sites is 2. The molecular formula is C12H14N2O. The van der Waals surface area contributed by atoms with Crippen molar-refractivity contribution in [3.05, 3.63) is 24.3 Å². The highest BCUT2D eigenvalue weighted by atomic mass is 16.1. The molecule has 1 atom stereocenters. The molecule has 1 heterocycles. The third-order valence-corrected chi connectivity index (χ3v) is 3.14. The van der Waals surface area contributed by atoms with Crippen molar-refractivity contribution >= 4 is 17.3 Å². The number of carbonyl (C=O) groups excluding carboxylic acids is 1. The molecule has 3 rings (SSSR count). The summed E-state index contributed by atoms with van der Waals surface area (Å²) < 4.78 is 0. The van der Waals surface area contributed by atoms with E-state index in [4.69, 9.17) is 0 Å². The van der Waals surface area contributed by atoms with Crippen molar-refractivity contribution in [3.63, 3.8) is 0 Å². The first-order chi connectivity index (χ1) is 7.33. The Balaban J connectivity index is 1.93. The third-order valence-electron chi connectivity index (χ3n) is 3.14. The van der Waals surface area contributed by atoms with Gasteiger partial charge in [-0.25, -0.2) is 0 Å². The van der Waals surface area contributed by atoms with Crippen molar-refractivity contribution in [3.8, 4) is 0 Å². The monoisotopic (exact) mass is 202 g/mol. The summed E-state index contributed by atoms with van der Waals surface area (Å²) in [6.07, 6.45) is 3.11. The van der Waals surface area contributed by atoms with Crippen LogP contribution in [-0.2, 0) is 4.79 Å². The van der Waals surface area contributed by atoms with Crippen LogP contribution in [0.5, 0.6) is 0 Å². The maximum absolute atomic E-state index is 11.6. The SMILES string of the molecule is O=C1CC(C2CC2)Nc2ccccc2N1. The normalized spacial score (nSPS) is 24.8. The Morgan fingerprint density at radius 2 is 1.87 bits per heavy atom. The molecule has 1 amide bonds. The minimum Gasteiger partial charge on any atom is -0.380 e. The van der Waals surface area contributed by atoms with Crippen molar-refractivity contribution in [2.24, 2.45) is 5.92 Å². The Morgan fingerprint density at radius 1 is 1.13 bits per heavy atom. The molecular weight excluding hydrogens is 188 g/mol. The average molecular weight is 202 g/mol. The minimum atomic E-state index is 0.129. The quantitative estimate of drug-likeness (QED) is 0.733. The molecule has 0 aromatic heterocycles. The number of benzene rings is 1. The van der Waals surface area contributed by atoms with E-state index in [1.54, 1.807) is 0 Å². The van der Waals surface area contributed by atoms with Gasteiger partial charge >= 0.3 is 0 Å². The molecule has 1 aromatic rings. The third kappa shape index (κ3) is 1.69. The van der Waals surface area contributed by atoms with Gasteiger partial charge in [-0.3, -0.25) is 4.79 Å². The van der Waals surface area contributed by atoms with E-state index in [0.717, 1.165) is 11.4 Å². The summed E-state index contributed by atoms with van der Waals surface area (Å²) in [6.45, 7) is 0. The first kappa shape index (κ1) is 8.77. The van der Waals surface area contributed by atoms with Crippen molar-refractivity contribution in [1.82, 2.24) is 0 Å². The second-order valence-electron chi connectivity index (χ2n) is 4.39. The van der Waals surface area contributed by atoms with E-state index < -0.39 is 0 Å². The van der Waals surface area contributed by atoms with E-state index >= 15 is 0 Å². The van der Waals surface area contributed by atoms with Crippen LogP contribution in [0.15, 0.2) is 24.3 Å². The molecule has 78 valence electrons. The maximum atomic E-state index is 11.6. The van der Waals surface area contributed by atoms with Crippen LogP contribution in [0.1, 0.15) is 19.3 Å². The average Bonchev–Trinajstić information content (AvgIpc) is 3.02. The van der Waals surface area contributed by atoms with Gasteiger partial charge in [-0.1, -0.05) is 12.1 Å². The lowest BCUT2D eigenvalue weighted by atomic mass is 10.1. The Kier molecular flexibility index (Phi) is 1.91. The Morgan fingerprint density at radius 3 is 2.60 bits per heavy atom. The Hall–Kier alpha value is -1.51. The maximum Gasteiger partial charge on any atom is 0.226 e. The second-order valence-corrected chi connectivity index (χ2v) is 4.39. The van der Waals surface area contributed by atoms with Gasteiger partial charge in [0.25, 0.3) is 0 Å². The molecule has 3 heteroatoms. The van der Waals surface area contributed by atoms with Crippen LogP contribution in [0.2, 0.25) is 0 Å². The van der Waals surface area contributed by atoms with Gasteiger partial charge in [0, 0.05) is 12.5 Å². The van der Waals surface area contributed by atoms with E-state index in [2.05, 4.69) is 10.6 Å².